The van der Waals surface area contributed by atoms with Crippen molar-refractivity contribution in [2.45, 2.75) is 6.54 Å². The Bertz CT molecular complexity index is 1090. The molecule has 4 heteroatoms. The van der Waals surface area contributed by atoms with Gasteiger partial charge >= 0.3 is 0 Å². The quantitative estimate of drug-likeness (QED) is 0.287. The smallest absolute Gasteiger partial charge is 0.161 e. The molecule has 30 heavy (non-hydrogen) atoms. The van der Waals surface area contributed by atoms with Crippen LogP contribution in [0.3, 0.4) is 0 Å². The molecular formula is C26H23BrNOP. The lowest BCUT2D eigenvalue weighted by molar-refractivity contribution is 0.585. The van der Waals surface area contributed by atoms with Crippen molar-refractivity contribution in [3.8, 4) is 0 Å². The summed E-state index contributed by atoms with van der Waals surface area (Å²) in [5.41, 5.74) is 2.22. The SMILES string of the molecule is O=P(CN(Cc1ccccc1)c1ccccc1Br)(c1ccccc1)c1ccccc1. The van der Waals surface area contributed by atoms with E-state index in [-0.39, 0.29) is 0 Å². The van der Waals surface area contributed by atoms with Crippen LogP contribution < -0.4 is 15.5 Å². The van der Waals surface area contributed by atoms with E-state index < -0.39 is 7.14 Å². The van der Waals surface area contributed by atoms with Crippen molar-refractivity contribution in [2.75, 3.05) is 11.2 Å². The molecule has 0 unspecified atom stereocenters. The fraction of sp³-hybridized carbons (Fsp3) is 0.0769. The molecule has 0 aliphatic heterocycles. The highest BCUT2D eigenvalue weighted by Crippen LogP contribution is 2.46. The van der Waals surface area contributed by atoms with Gasteiger partial charge in [0.25, 0.3) is 0 Å². The molecule has 0 fully saturated rings. The van der Waals surface area contributed by atoms with Crippen LogP contribution in [0.25, 0.3) is 0 Å². The van der Waals surface area contributed by atoms with E-state index in [1.807, 2.05) is 97.1 Å². The summed E-state index contributed by atoms with van der Waals surface area (Å²) in [5.74, 6) is 0. The second-order valence-electron chi connectivity index (χ2n) is 7.19. The molecule has 4 rings (SSSR count). The third kappa shape index (κ3) is 4.59. The van der Waals surface area contributed by atoms with Crippen molar-refractivity contribution >= 4 is 39.4 Å². The fourth-order valence-corrected chi connectivity index (χ4v) is 6.81. The summed E-state index contributed by atoms with van der Waals surface area (Å²) < 4.78 is 15.6. The number of halogens is 1. The first kappa shape index (κ1) is 20.7. The van der Waals surface area contributed by atoms with Crippen LogP contribution in [-0.2, 0) is 11.1 Å². The second kappa shape index (κ2) is 9.47. The van der Waals surface area contributed by atoms with E-state index >= 15 is 0 Å². The third-order valence-electron chi connectivity index (χ3n) is 5.13. The molecule has 0 atom stereocenters. The number of benzene rings is 4. The van der Waals surface area contributed by atoms with Gasteiger partial charge in [-0.15, -0.1) is 0 Å². The van der Waals surface area contributed by atoms with E-state index in [1.165, 1.54) is 5.56 Å². The Kier molecular flexibility index (Phi) is 6.52. The number of hydrogen-bond donors (Lipinski definition) is 0. The Morgan fingerprint density at radius 3 is 1.63 bits per heavy atom. The Hall–Kier alpha value is -2.61. The molecule has 0 aliphatic rings. The third-order valence-corrected chi connectivity index (χ3v) is 8.80. The predicted octanol–water partition coefficient (Wildman–Crippen LogP) is 6.43. The van der Waals surface area contributed by atoms with Crippen molar-refractivity contribution in [2.24, 2.45) is 0 Å². The Morgan fingerprint density at radius 1 is 0.633 bits per heavy atom. The molecule has 2 nitrogen and oxygen atoms in total. The minimum Gasteiger partial charge on any atom is -0.358 e. The van der Waals surface area contributed by atoms with E-state index in [0.29, 0.717) is 12.8 Å². The summed E-state index contributed by atoms with van der Waals surface area (Å²) in [6.45, 7) is 0.674. The van der Waals surface area contributed by atoms with Gasteiger partial charge in [0.05, 0.1) is 12.0 Å². The number of rotatable bonds is 7. The van der Waals surface area contributed by atoms with Gasteiger partial charge in [0.1, 0.15) is 0 Å². The lowest BCUT2D eigenvalue weighted by atomic mass is 10.2. The highest BCUT2D eigenvalue weighted by Gasteiger charge is 2.30. The molecule has 150 valence electrons. The zero-order chi connectivity index (χ0) is 20.8. The van der Waals surface area contributed by atoms with Crippen LogP contribution in [0.1, 0.15) is 5.56 Å². The van der Waals surface area contributed by atoms with E-state index in [0.717, 1.165) is 20.8 Å². The van der Waals surface area contributed by atoms with Gasteiger partial charge in [0, 0.05) is 21.6 Å². The van der Waals surface area contributed by atoms with Crippen molar-refractivity contribution in [3.63, 3.8) is 0 Å². The van der Waals surface area contributed by atoms with E-state index in [9.17, 15) is 4.57 Å². The van der Waals surface area contributed by atoms with Crippen molar-refractivity contribution < 1.29 is 4.57 Å². The zero-order valence-corrected chi connectivity index (χ0v) is 19.0. The highest BCUT2D eigenvalue weighted by molar-refractivity contribution is 9.10. The summed E-state index contributed by atoms with van der Waals surface area (Å²) in [6.07, 6.45) is 0.415. The van der Waals surface area contributed by atoms with Crippen molar-refractivity contribution in [3.05, 3.63) is 125 Å². The first-order chi connectivity index (χ1) is 14.7. The summed E-state index contributed by atoms with van der Waals surface area (Å²) in [6, 6.07) is 38.2. The largest absolute Gasteiger partial charge is 0.358 e. The molecule has 0 radical (unpaired) electrons. The standard InChI is InChI=1S/C26H23BrNOP/c27-25-18-10-11-19-26(25)28(20-22-12-4-1-5-13-22)21-30(29,23-14-6-2-7-15-23)24-16-8-3-9-17-24/h1-19H,20-21H2. The number of anilines is 1. The maximum Gasteiger partial charge on any atom is 0.161 e. The van der Waals surface area contributed by atoms with Crippen LogP contribution in [0, 0.1) is 0 Å². The van der Waals surface area contributed by atoms with Gasteiger partial charge in [0.2, 0.25) is 0 Å². The van der Waals surface area contributed by atoms with Crippen LogP contribution in [0.5, 0.6) is 0 Å². The normalized spacial score (nSPS) is 11.2. The molecule has 4 aromatic carbocycles. The second-order valence-corrected chi connectivity index (χ2v) is 10.8. The Balaban J connectivity index is 1.81. The van der Waals surface area contributed by atoms with Crippen LogP contribution in [0.4, 0.5) is 5.69 Å². The van der Waals surface area contributed by atoms with Gasteiger partial charge in [-0.1, -0.05) is 103 Å². The monoisotopic (exact) mass is 475 g/mol. The van der Waals surface area contributed by atoms with Gasteiger partial charge in [-0.2, -0.15) is 0 Å². The number of hydrogen-bond acceptors (Lipinski definition) is 2. The molecule has 4 aromatic rings. The molecule has 0 saturated carbocycles. The van der Waals surface area contributed by atoms with Crippen LogP contribution in [-0.4, -0.2) is 6.29 Å². The summed E-state index contributed by atoms with van der Waals surface area (Å²) in [4.78, 5) is 2.22. The van der Waals surface area contributed by atoms with Crippen molar-refractivity contribution in [1.29, 1.82) is 0 Å². The van der Waals surface area contributed by atoms with Gasteiger partial charge in [-0.05, 0) is 33.6 Å². The van der Waals surface area contributed by atoms with Crippen molar-refractivity contribution in [1.82, 2.24) is 0 Å². The minimum absolute atomic E-state index is 0.415. The van der Waals surface area contributed by atoms with Gasteiger partial charge in [-0.25, -0.2) is 0 Å². The predicted molar refractivity (Wildman–Crippen MR) is 131 cm³/mol. The van der Waals surface area contributed by atoms with E-state index in [1.54, 1.807) is 0 Å². The van der Waals surface area contributed by atoms with E-state index in [4.69, 9.17) is 0 Å². The molecule has 0 amide bonds. The van der Waals surface area contributed by atoms with Gasteiger partial charge in [0.15, 0.2) is 7.14 Å². The Morgan fingerprint density at radius 2 is 1.10 bits per heavy atom. The van der Waals surface area contributed by atoms with Gasteiger partial charge in [-0.3, -0.25) is 0 Å². The molecule has 0 saturated heterocycles. The number of nitrogens with zero attached hydrogens (tertiary/aromatic N) is 1. The molecule has 0 bridgehead atoms. The first-order valence-corrected chi connectivity index (χ1v) is 12.6. The zero-order valence-electron chi connectivity index (χ0n) is 16.6. The molecule has 0 heterocycles. The lowest BCUT2D eigenvalue weighted by Gasteiger charge is -2.31. The molecule has 0 aromatic heterocycles. The minimum atomic E-state index is -2.90. The molecule has 0 spiro atoms. The molecular weight excluding hydrogens is 453 g/mol. The van der Waals surface area contributed by atoms with Crippen LogP contribution in [0.15, 0.2) is 120 Å². The van der Waals surface area contributed by atoms with E-state index in [2.05, 4.69) is 39.0 Å². The maximum absolute atomic E-state index is 14.6. The average Bonchev–Trinajstić information content (AvgIpc) is 2.81. The Labute approximate surface area is 186 Å². The first-order valence-electron chi connectivity index (χ1n) is 9.90. The average molecular weight is 476 g/mol. The van der Waals surface area contributed by atoms with Crippen LogP contribution in [0.2, 0.25) is 0 Å². The fourth-order valence-electron chi connectivity index (χ4n) is 3.61. The van der Waals surface area contributed by atoms with Gasteiger partial charge < -0.3 is 9.46 Å². The molecule has 0 N–H and O–H groups in total. The summed E-state index contributed by atoms with van der Waals surface area (Å²) in [7, 11) is -2.90. The highest BCUT2D eigenvalue weighted by atomic mass is 79.9. The summed E-state index contributed by atoms with van der Waals surface area (Å²) in [5, 5.41) is 1.75. The summed E-state index contributed by atoms with van der Waals surface area (Å²) >= 11 is 3.70. The number of para-hydroxylation sites is 1. The van der Waals surface area contributed by atoms with Crippen LogP contribution >= 0.6 is 23.1 Å². The maximum atomic E-state index is 14.6. The topological polar surface area (TPSA) is 20.3 Å². The molecule has 0 aliphatic carbocycles. The lowest BCUT2D eigenvalue weighted by Crippen LogP contribution is -2.31.